The lowest BCUT2D eigenvalue weighted by Crippen LogP contribution is -1.67. The van der Waals surface area contributed by atoms with E-state index in [4.69, 9.17) is 0 Å². The Morgan fingerprint density at radius 3 is 2.80 bits per heavy atom. The second kappa shape index (κ2) is 3.57. The second-order valence-corrected chi connectivity index (χ2v) is 3.06. The molecule has 0 aliphatic heterocycles. The summed E-state index contributed by atoms with van der Waals surface area (Å²) in [4.78, 5) is 0. The Bertz CT molecular complexity index is 220. The molecule has 1 aromatic rings. The Kier molecular flexibility index (Phi) is 2.69. The van der Waals surface area contributed by atoms with E-state index in [1.807, 2.05) is 0 Å². The highest BCUT2D eigenvalue weighted by atomic mass is 32.1. The number of rotatable bonds is 2. The molecule has 1 rings (SSSR count). The molecule has 0 spiro atoms. The topological polar surface area (TPSA) is 0 Å². The van der Waals surface area contributed by atoms with Gasteiger partial charge in [0, 0.05) is 0 Å². The number of hydrogen-bond acceptors (Lipinski definition) is 1. The fourth-order valence-corrected chi connectivity index (χ4v) is 1.61. The molecule has 0 atom stereocenters. The van der Waals surface area contributed by atoms with Crippen LogP contribution >= 0.6 is 11.3 Å². The Hall–Kier alpha value is -0.560. The van der Waals surface area contributed by atoms with Gasteiger partial charge in [-0.2, -0.15) is 11.3 Å². The van der Waals surface area contributed by atoms with E-state index in [1.165, 1.54) is 11.1 Å². The summed E-state index contributed by atoms with van der Waals surface area (Å²) < 4.78 is 0. The first-order valence-corrected chi connectivity index (χ1v) is 4.48. The average Bonchev–Trinajstić information content (AvgIpc) is 2.31. The molecule has 0 radical (unpaired) electrons. The maximum Gasteiger partial charge on any atom is -0.00181 e. The highest BCUT2D eigenvalue weighted by Crippen LogP contribution is 2.14. The van der Waals surface area contributed by atoms with Crippen LogP contribution in [0.2, 0.25) is 0 Å². The SMILES string of the molecule is CC/C=C/c1cscc1C. The van der Waals surface area contributed by atoms with Crippen molar-refractivity contribution < 1.29 is 0 Å². The van der Waals surface area contributed by atoms with Crippen molar-refractivity contribution in [1.29, 1.82) is 0 Å². The lowest BCUT2D eigenvalue weighted by atomic mass is 10.2. The summed E-state index contributed by atoms with van der Waals surface area (Å²) >= 11 is 1.77. The maximum atomic E-state index is 2.19. The minimum Gasteiger partial charge on any atom is -0.152 e. The molecule has 0 nitrogen and oxygen atoms in total. The molecule has 0 fully saturated rings. The summed E-state index contributed by atoms with van der Waals surface area (Å²) in [6, 6.07) is 0. The largest absolute Gasteiger partial charge is 0.152 e. The first-order chi connectivity index (χ1) is 4.84. The van der Waals surface area contributed by atoms with Gasteiger partial charge in [0.2, 0.25) is 0 Å². The van der Waals surface area contributed by atoms with Gasteiger partial charge in [-0.1, -0.05) is 19.1 Å². The van der Waals surface area contributed by atoms with Gasteiger partial charge in [0.05, 0.1) is 0 Å². The van der Waals surface area contributed by atoms with Crippen LogP contribution in [0.4, 0.5) is 0 Å². The normalized spacial score (nSPS) is 11.0. The third-order valence-electron chi connectivity index (χ3n) is 1.43. The molecule has 0 aliphatic rings. The van der Waals surface area contributed by atoms with Crippen molar-refractivity contribution in [3.05, 3.63) is 28.0 Å². The quantitative estimate of drug-likeness (QED) is 0.608. The van der Waals surface area contributed by atoms with Crippen molar-refractivity contribution in [3.8, 4) is 0 Å². The van der Waals surface area contributed by atoms with Gasteiger partial charge < -0.3 is 0 Å². The van der Waals surface area contributed by atoms with Gasteiger partial charge in [0.15, 0.2) is 0 Å². The van der Waals surface area contributed by atoms with Crippen molar-refractivity contribution in [1.82, 2.24) is 0 Å². The lowest BCUT2D eigenvalue weighted by Gasteiger charge is -1.86. The van der Waals surface area contributed by atoms with E-state index < -0.39 is 0 Å². The molecular formula is C9H12S. The number of aryl methyl sites for hydroxylation is 1. The van der Waals surface area contributed by atoms with E-state index in [1.54, 1.807) is 11.3 Å². The molecular weight excluding hydrogens is 140 g/mol. The summed E-state index contributed by atoms with van der Waals surface area (Å²) in [7, 11) is 0. The fourth-order valence-electron chi connectivity index (χ4n) is 0.786. The van der Waals surface area contributed by atoms with E-state index in [2.05, 4.69) is 36.8 Å². The molecule has 0 bridgehead atoms. The van der Waals surface area contributed by atoms with Gasteiger partial charge in [-0.25, -0.2) is 0 Å². The predicted molar refractivity (Wildman–Crippen MR) is 48.4 cm³/mol. The third kappa shape index (κ3) is 1.71. The summed E-state index contributed by atoms with van der Waals surface area (Å²) in [5.74, 6) is 0. The van der Waals surface area contributed by atoms with E-state index in [-0.39, 0.29) is 0 Å². The summed E-state index contributed by atoms with van der Waals surface area (Å²) in [5, 5.41) is 4.36. The fraction of sp³-hybridized carbons (Fsp3) is 0.333. The summed E-state index contributed by atoms with van der Waals surface area (Å²) in [6.07, 6.45) is 5.50. The molecule has 1 heterocycles. The van der Waals surface area contributed by atoms with E-state index in [0.29, 0.717) is 0 Å². The number of hydrogen-bond donors (Lipinski definition) is 0. The maximum absolute atomic E-state index is 2.19. The molecule has 10 heavy (non-hydrogen) atoms. The minimum atomic E-state index is 1.12. The van der Waals surface area contributed by atoms with Crippen LogP contribution in [0.15, 0.2) is 16.8 Å². The summed E-state index contributed by atoms with van der Waals surface area (Å²) in [5.41, 5.74) is 2.75. The van der Waals surface area contributed by atoms with Gasteiger partial charge in [-0.3, -0.25) is 0 Å². The predicted octanol–water partition coefficient (Wildman–Crippen LogP) is 3.48. The van der Waals surface area contributed by atoms with Gasteiger partial charge in [0.25, 0.3) is 0 Å². The zero-order chi connectivity index (χ0) is 7.40. The highest BCUT2D eigenvalue weighted by molar-refractivity contribution is 7.08. The molecule has 54 valence electrons. The average molecular weight is 152 g/mol. The highest BCUT2D eigenvalue weighted by Gasteiger charge is 1.91. The van der Waals surface area contributed by atoms with Crippen LogP contribution in [0.1, 0.15) is 24.5 Å². The van der Waals surface area contributed by atoms with Crippen LogP contribution in [0, 0.1) is 6.92 Å². The van der Waals surface area contributed by atoms with E-state index in [9.17, 15) is 0 Å². The first kappa shape index (κ1) is 7.55. The van der Waals surface area contributed by atoms with Crippen molar-refractivity contribution in [3.63, 3.8) is 0 Å². The Labute approximate surface area is 66.2 Å². The number of allylic oxidation sites excluding steroid dienone is 1. The van der Waals surface area contributed by atoms with Crippen LogP contribution in [0.5, 0.6) is 0 Å². The second-order valence-electron chi connectivity index (χ2n) is 2.32. The minimum absolute atomic E-state index is 1.12. The van der Waals surface area contributed by atoms with Crippen molar-refractivity contribution in [2.24, 2.45) is 0 Å². The van der Waals surface area contributed by atoms with Crippen LogP contribution in [0.3, 0.4) is 0 Å². The van der Waals surface area contributed by atoms with Crippen LogP contribution in [-0.4, -0.2) is 0 Å². The van der Waals surface area contributed by atoms with Gasteiger partial charge in [-0.15, -0.1) is 0 Å². The molecule has 0 N–H and O–H groups in total. The molecule has 1 heteroatoms. The Balaban J connectivity index is 2.74. The van der Waals surface area contributed by atoms with Gasteiger partial charge >= 0.3 is 0 Å². The van der Waals surface area contributed by atoms with Crippen LogP contribution in [0.25, 0.3) is 6.08 Å². The molecule has 0 amide bonds. The van der Waals surface area contributed by atoms with Crippen molar-refractivity contribution >= 4 is 17.4 Å². The van der Waals surface area contributed by atoms with Gasteiger partial charge in [0.1, 0.15) is 0 Å². The van der Waals surface area contributed by atoms with E-state index in [0.717, 1.165) is 6.42 Å². The summed E-state index contributed by atoms with van der Waals surface area (Å²) in [6.45, 7) is 4.30. The Morgan fingerprint density at radius 1 is 1.50 bits per heavy atom. The van der Waals surface area contributed by atoms with E-state index >= 15 is 0 Å². The number of thiophene rings is 1. The molecule has 0 unspecified atom stereocenters. The lowest BCUT2D eigenvalue weighted by molar-refractivity contribution is 1.23. The van der Waals surface area contributed by atoms with Crippen molar-refractivity contribution in [2.75, 3.05) is 0 Å². The molecule has 0 saturated carbocycles. The Morgan fingerprint density at radius 2 is 2.30 bits per heavy atom. The molecule has 0 aromatic carbocycles. The zero-order valence-electron chi connectivity index (χ0n) is 6.42. The molecule has 0 saturated heterocycles. The third-order valence-corrected chi connectivity index (χ3v) is 2.31. The zero-order valence-corrected chi connectivity index (χ0v) is 7.24. The molecule has 0 aliphatic carbocycles. The molecule has 1 aromatic heterocycles. The van der Waals surface area contributed by atoms with Crippen molar-refractivity contribution in [2.45, 2.75) is 20.3 Å². The van der Waals surface area contributed by atoms with Crippen LogP contribution < -0.4 is 0 Å². The first-order valence-electron chi connectivity index (χ1n) is 3.54. The standard InChI is InChI=1S/C9H12S/c1-3-4-5-9-7-10-6-8(9)2/h4-7H,3H2,1-2H3/b5-4+. The van der Waals surface area contributed by atoms with Gasteiger partial charge in [-0.05, 0) is 35.2 Å². The smallest absolute Gasteiger partial charge is 0.00181 e. The van der Waals surface area contributed by atoms with Crippen LogP contribution in [-0.2, 0) is 0 Å². The monoisotopic (exact) mass is 152 g/mol.